The van der Waals surface area contributed by atoms with Gasteiger partial charge in [-0.05, 0) is 35.8 Å². The molecule has 1 aliphatic rings. The number of nitrogens with zero attached hydrogens (tertiary/aromatic N) is 3. The van der Waals surface area contributed by atoms with Crippen molar-refractivity contribution in [3.05, 3.63) is 79.7 Å². The van der Waals surface area contributed by atoms with E-state index in [2.05, 4.69) is 10.3 Å². The van der Waals surface area contributed by atoms with Crippen LogP contribution in [0.25, 0.3) is 6.08 Å². The van der Waals surface area contributed by atoms with Crippen LogP contribution < -0.4 is 14.8 Å². The predicted octanol–water partition coefficient (Wildman–Crippen LogP) is 5.28. The molecule has 2 aromatic carbocycles. The summed E-state index contributed by atoms with van der Waals surface area (Å²) < 4.78 is 11.0. The van der Waals surface area contributed by atoms with Crippen molar-refractivity contribution in [2.45, 2.75) is 19.3 Å². The summed E-state index contributed by atoms with van der Waals surface area (Å²) in [5.41, 5.74) is 1.60. The fourth-order valence-electron chi connectivity index (χ4n) is 3.79. The smallest absolute Gasteiger partial charge is 0.269 e. The molecule has 4 rings (SSSR count). The number of hydrogen-bond donors (Lipinski definition) is 1. The number of thioether (sulfide) groups is 1. The maximum Gasteiger partial charge on any atom is 0.269 e. The second-order valence-electron chi connectivity index (χ2n) is 8.34. The minimum absolute atomic E-state index is 0.0310. The van der Waals surface area contributed by atoms with Crippen LogP contribution in [0.3, 0.4) is 0 Å². The fraction of sp³-hybridized carbons (Fsp3) is 0.231. The lowest BCUT2D eigenvalue weighted by Crippen LogP contribution is -2.29. The van der Waals surface area contributed by atoms with E-state index in [9.17, 15) is 19.7 Å². The first-order chi connectivity index (χ1) is 18.8. The number of methoxy groups -OCH3 is 2. The molecule has 10 nitrogen and oxygen atoms in total. The minimum atomic E-state index is -0.432. The molecular weight excluding hydrogens is 561 g/mol. The number of nitro groups is 1. The molecule has 1 fully saturated rings. The van der Waals surface area contributed by atoms with Crippen molar-refractivity contribution in [2.24, 2.45) is 0 Å². The van der Waals surface area contributed by atoms with Gasteiger partial charge in [-0.2, -0.15) is 0 Å². The van der Waals surface area contributed by atoms with Crippen LogP contribution >= 0.6 is 35.3 Å². The summed E-state index contributed by atoms with van der Waals surface area (Å²) in [6.45, 7) is 0.317. The van der Waals surface area contributed by atoms with Gasteiger partial charge in [0, 0.05) is 42.6 Å². The van der Waals surface area contributed by atoms with Gasteiger partial charge in [0.2, 0.25) is 5.91 Å². The molecule has 1 aliphatic heterocycles. The standard InChI is InChI=1S/C26H24N4O6S3/c1-35-20-9-8-17(13-21(20)36-2)14-22-24(32)29(26(37)39-22)10-4-7-23(31)28-25-27-15-19(38-25)12-16-5-3-6-18(11-16)30(33)34/h3,5-6,8-9,11,13-15H,4,7,10,12H2,1-2H3,(H,27,28,31)/b22-14+. The summed E-state index contributed by atoms with van der Waals surface area (Å²) in [5, 5.41) is 14.2. The first kappa shape index (κ1) is 28.2. The molecule has 1 saturated heterocycles. The molecule has 202 valence electrons. The van der Waals surface area contributed by atoms with E-state index in [-0.39, 0.29) is 23.9 Å². The Bertz CT molecular complexity index is 1450. The van der Waals surface area contributed by atoms with Gasteiger partial charge < -0.3 is 14.8 Å². The Hall–Kier alpha value is -3.81. The third-order valence-electron chi connectivity index (χ3n) is 5.66. The van der Waals surface area contributed by atoms with Crippen LogP contribution in [0.15, 0.2) is 53.6 Å². The average molecular weight is 585 g/mol. The first-order valence-electron chi connectivity index (χ1n) is 11.7. The van der Waals surface area contributed by atoms with E-state index in [4.69, 9.17) is 21.7 Å². The van der Waals surface area contributed by atoms with Gasteiger partial charge in [-0.1, -0.05) is 42.2 Å². The number of thiazole rings is 1. The van der Waals surface area contributed by atoms with Crippen LogP contribution in [0, 0.1) is 10.1 Å². The van der Waals surface area contributed by atoms with Gasteiger partial charge in [-0.15, -0.1) is 11.3 Å². The van der Waals surface area contributed by atoms with Crippen molar-refractivity contribution >= 4 is 68.3 Å². The van der Waals surface area contributed by atoms with E-state index in [1.807, 2.05) is 12.1 Å². The molecule has 3 aromatic rings. The molecule has 39 heavy (non-hydrogen) atoms. The molecule has 0 aliphatic carbocycles. The van der Waals surface area contributed by atoms with Crippen molar-refractivity contribution in [2.75, 3.05) is 26.1 Å². The van der Waals surface area contributed by atoms with E-state index in [0.717, 1.165) is 16.0 Å². The Kier molecular flexibility index (Phi) is 9.28. The maximum atomic E-state index is 12.9. The van der Waals surface area contributed by atoms with Gasteiger partial charge >= 0.3 is 0 Å². The van der Waals surface area contributed by atoms with Crippen molar-refractivity contribution in [3.63, 3.8) is 0 Å². The number of hydrogen-bond acceptors (Lipinski definition) is 10. The zero-order valence-corrected chi connectivity index (χ0v) is 23.5. The molecule has 0 saturated carbocycles. The lowest BCUT2D eigenvalue weighted by molar-refractivity contribution is -0.384. The summed E-state index contributed by atoms with van der Waals surface area (Å²) in [6, 6.07) is 11.8. The number of thiocarbonyl (C=S) groups is 1. The normalized spacial score (nSPS) is 14.1. The Labute approximate surface area is 238 Å². The number of amides is 2. The largest absolute Gasteiger partial charge is 0.493 e. The number of nitrogens with one attached hydrogen (secondary N) is 1. The zero-order chi connectivity index (χ0) is 27.9. The summed E-state index contributed by atoms with van der Waals surface area (Å²) in [5.74, 6) is 0.726. The summed E-state index contributed by atoms with van der Waals surface area (Å²) >= 11 is 7.93. The Balaban J connectivity index is 1.27. The van der Waals surface area contributed by atoms with Crippen molar-refractivity contribution in [3.8, 4) is 11.5 Å². The van der Waals surface area contributed by atoms with Crippen LogP contribution in [-0.4, -0.2) is 51.7 Å². The molecule has 0 atom stereocenters. The Morgan fingerprint density at radius 2 is 2.00 bits per heavy atom. The average Bonchev–Trinajstić information content (AvgIpc) is 3.46. The molecule has 0 spiro atoms. The highest BCUT2D eigenvalue weighted by molar-refractivity contribution is 8.26. The third-order valence-corrected chi connectivity index (χ3v) is 7.95. The Morgan fingerprint density at radius 1 is 1.21 bits per heavy atom. The number of anilines is 1. The quantitative estimate of drug-likeness (QED) is 0.139. The first-order valence-corrected chi connectivity index (χ1v) is 13.8. The molecular formula is C26H24N4O6S3. The van der Waals surface area contributed by atoms with Gasteiger partial charge in [-0.25, -0.2) is 4.98 Å². The van der Waals surface area contributed by atoms with Crippen molar-refractivity contribution in [1.82, 2.24) is 9.88 Å². The highest BCUT2D eigenvalue weighted by Crippen LogP contribution is 2.35. The molecule has 2 amide bonds. The third kappa shape index (κ3) is 7.19. The lowest BCUT2D eigenvalue weighted by atomic mass is 10.1. The molecule has 0 radical (unpaired) electrons. The van der Waals surface area contributed by atoms with Crippen LogP contribution in [0.1, 0.15) is 28.8 Å². The van der Waals surface area contributed by atoms with Crippen LogP contribution in [0.4, 0.5) is 10.8 Å². The minimum Gasteiger partial charge on any atom is -0.493 e. The molecule has 0 bridgehead atoms. The number of nitro benzene ring substituents is 1. The molecule has 13 heteroatoms. The SMILES string of the molecule is COc1ccc(/C=C2/SC(=S)N(CCCC(=O)Nc3ncc(Cc4cccc([N+](=O)[O-])c4)s3)C2=O)cc1OC. The van der Waals surface area contributed by atoms with Crippen molar-refractivity contribution < 1.29 is 24.0 Å². The summed E-state index contributed by atoms with van der Waals surface area (Å²) in [7, 11) is 3.10. The number of benzene rings is 2. The van der Waals surface area contributed by atoms with Gasteiger partial charge in [0.05, 0.1) is 24.0 Å². The number of carbonyl (C=O) groups is 2. The number of non-ortho nitro benzene ring substituents is 1. The van der Waals surface area contributed by atoms with E-state index >= 15 is 0 Å². The number of carbonyl (C=O) groups excluding carboxylic acids is 2. The Morgan fingerprint density at radius 3 is 2.74 bits per heavy atom. The van der Waals surface area contributed by atoms with Gasteiger partial charge in [-0.3, -0.25) is 24.6 Å². The topological polar surface area (TPSA) is 124 Å². The maximum absolute atomic E-state index is 12.9. The molecule has 1 aromatic heterocycles. The molecule has 0 unspecified atom stereocenters. The van der Waals surface area contributed by atoms with E-state index in [1.54, 1.807) is 44.7 Å². The highest BCUT2D eigenvalue weighted by Gasteiger charge is 2.31. The van der Waals surface area contributed by atoms with Crippen LogP contribution in [-0.2, 0) is 16.0 Å². The molecule has 2 heterocycles. The lowest BCUT2D eigenvalue weighted by Gasteiger charge is -2.13. The number of rotatable bonds is 11. The predicted molar refractivity (Wildman–Crippen MR) is 155 cm³/mol. The van der Waals surface area contributed by atoms with Crippen LogP contribution in [0.2, 0.25) is 0 Å². The van der Waals surface area contributed by atoms with E-state index in [0.29, 0.717) is 45.2 Å². The fourth-order valence-corrected chi connectivity index (χ4v) is 5.97. The number of aromatic nitrogens is 1. The number of ether oxygens (including phenoxy) is 2. The van der Waals surface area contributed by atoms with Crippen molar-refractivity contribution in [1.29, 1.82) is 0 Å². The van der Waals surface area contributed by atoms with E-state index in [1.165, 1.54) is 40.1 Å². The van der Waals surface area contributed by atoms with Gasteiger partial charge in [0.25, 0.3) is 11.6 Å². The molecule has 1 N–H and O–H groups in total. The summed E-state index contributed by atoms with van der Waals surface area (Å²) in [6.07, 6.45) is 4.48. The highest BCUT2D eigenvalue weighted by atomic mass is 32.2. The second-order valence-corrected chi connectivity index (χ2v) is 11.1. The van der Waals surface area contributed by atoms with Crippen LogP contribution in [0.5, 0.6) is 11.5 Å². The van der Waals surface area contributed by atoms with Gasteiger partial charge in [0.15, 0.2) is 16.6 Å². The second kappa shape index (κ2) is 12.8. The monoisotopic (exact) mass is 584 g/mol. The zero-order valence-electron chi connectivity index (χ0n) is 21.0. The summed E-state index contributed by atoms with van der Waals surface area (Å²) in [4.78, 5) is 43.0. The van der Waals surface area contributed by atoms with Gasteiger partial charge in [0.1, 0.15) is 4.32 Å². The van der Waals surface area contributed by atoms with E-state index < -0.39 is 4.92 Å².